The van der Waals surface area contributed by atoms with E-state index in [9.17, 15) is 4.79 Å². The number of fused-ring (bicyclic) bond motifs is 5. The van der Waals surface area contributed by atoms with Gasteiger partial charge in [-0.25, -0.2) is 14.5 Å². The van der Waals surface area contributed by atoms with E-state index < -0.39 is 0 Å². The predicted molar refractivity (Wildman–Crippen MR) is 125 cm³/mol. The first-order chi connectivity index (χ1) is 14.6. The quantitative estimate of drug-likeness (QED) is 0.466. The molecule has 4 aromatic rings. The first-order valence-corrected chi connectivity index (χ1v) is 11.6. The number of thiophene rings is 1. The van der Waals surface area contributed by atoms with Crippen LogP contribution in [0.3, 0.4) is 0 Å². The van der Waals surface area contributed by atoms with Gasteiger partial charge in [0.15, 0.2) is 0 Å². The lowest BCUT2D eigenvalue weighted by Crippen LogP contribution is -2.32. The maximum Gasteiger partial charge on any atom is 0.269 e. The largest absolute Gasteiger partial charge is 0.342 e. The topological polar surface area (TPSA) is 51.0 Å². The monoisotopic (exact) mass is 418 g/mol. The second kappa shape index (κ2) is 7.51. The SMILES string of the molecule is CCN(CC)c1nc2c(c(C)nc3sc4c(c32)CCCC4)c(=O)n1-c1ccccc1. The molecule has 0 aliphatic heterocycles. The van der Waals surface area contributed by atoms with Crippen LogP contribution in [0.4, 0.5) is 5.95 Å². The summed E-state index contributed by atoms with van der Waals surface area (Å²) in [6, 6.07) is 9.82. The highest BCUT2D eigenvalue weighted by molar-refractivity contribution is 7.19. The molecule has 1 aliphatic rings. The third kappa shape index (κ3) is 2.85. The van der Waals surface area contributed by atoms with Gasteiger partial charge in [0.2, 0.25) is 5.95 Å². The van der Waals surface area contributed by atoms with Crippen molar-refractivity contribution in [2.24, 2.45) is 0 Å². The van der Waals surface area contributed by atoms with E-state index in [4.69, 9.17) is 9.97 Å². The summed E-state index contributed by atoms with van der Waals surface area (Å²) >= 11 is 1.79. The molecule has 0 amide bonds. The third-order valence-corrected chi connectivity index (χ3v) is 7.33. The zero-order valence-electron chi connectivity index (χ0n) is 17.7. The number of nitrogens with zero attached hydrogens (tertiary/aromatic N) is 4. The summed E-state index contributed by atoms with van der Waals surface area (Å²) in [5.74, 6) is 0.714. The van der Waals surface area contributed by atoms with Gasteiger partial charge in [-0.1, -0.05) is 18.2 Å². The number of hydrogen-bond donors (Lipinski definition) is 0. The van der Waals surface area contributed by atoms with Crippen molar-refractivity contribution in [3.8, 4) is 5.69 Å². The lowest BCUT2D eigenvalue weighted by Gasteiger charge is -2.24. The van der Waals surface area contributed by atoms with Crippen molar-refractivity contribution >= 4 is 38.4 Å². The van der Waals surface area contributed by atoms with Gasteiger partial charge in [-0.05, 0) is 64.2 Å². The first kappa shape index (κ1) is 19.2. The van der Waals surface area contributed by atoms with Crippen LogP contribution in [0.25, 0.3) is 26.8 Å². The molecule has 30 heavy (non-hydrogen) atoms. The summed E-state index contributed by atoms with van der Waals surface area (Å²) < 4.78 is 1.76. The molecule has 154 valence electrons. The van der Waals surface area contributed by atoms with E-state index in [2.05, 4.69) is 18.7 Å². The Morgan fingerprint density at radius 2 is 1.77 bits per heavy atom. The molecule has 5 rings (SSSR count). The van der Waals surface area contributed by atoms with Gasteiger partial charge in [0, 0.05) is 23.4 Å². The van der Waals surface area contributed by atoms with Crippen molar-refractivity contribution in [2.45, 2.75) is 46.5 Å². The van der Waals surface area contributed by atoms with Gasteiger partial charge in [-0.3, -0.25) is 4.79 Å². The zero-order valence-corrected chi connectivity index (χ0v) is 18.6. The fourth-order valence-corrected chi connectivity index (χ4v) is 5.94. The highest BCUT2D eigenvalue weighted by Crippen LogP contribution is 2.39. The number of pyridine rings is 1. The molecule has 1 aliphatic carbocycles. The maximum atomic E-state index is 13.9. The molecular formula is C24H26N4OS. The van der Waals surface area contributed by atoms with E-state index in [1.807, 2.05) is 37.3 Å². The molecule has 0 saturated heterocycles. The first-order valence-electron chi connectivity index (χ1n) is 10.8. The maximum absolute atomic E-state index is 13.9. The van der Waals surface area contributed by atoms with Gasteiger partial charge in [-0.15, -0.1) is 11.3 Å². The van der Waals surface area contributed by atoms with Crippen LogP contribution in [-0.4, -0.2) is 27.6 Å². The zero-order chi connectivity index (χ0) is 20.8. The lowest BCUT2D eigenvalue weighted by atomic mass is 9.96. The molecule has 3 aromatic heterocycles. The normalized spacial score (nSPS) is 13.7. The fourth-order valence-electron chi connectivity index (χ4n) is 4.63. The molecule has 1 aromatic carbocycles. The summed E-state index contributed by atoms with van der Waals surface area (Å²) in [7, 11) is 0. The van der Waals surface area contributed by atoms with Gasteiger partial charge >= 0.3 is 0 Å². The molecule has 6 heteroatoms. The number of para-hydroxylation sites is 1. The van der Waals surface area contributed by atoms with E-state index in [0.717, 1.165) is 53.0 Å². The molecule has 0 atom stereocenters. The van der Waals surface area contributed by atoms with Crippen LogP contribution in [0.15, 0.2) is 35.1 Å². The van der Waals surface area contributed by atoms with E-state index in [1.165, 1.54) is 23.3 Å². The van der Waals surface area contributed by atoms with Gasteiger partial charge in [0.05, 0.1) is 22.3 Å². The van der Waals surface area contributed by atoms with Crippen molar-refractivity contribution < 1.29 is 0 Å². The van der Waals surface area contributed by atoms with E-state index in [0.29, 0.717) is 11.3 Å². The van der Waals surface area contributed by atoms with Crippen LogP contribution in [0.5, 0.6) is 0 Å². The minimum Gasteiger partial charge on any atom is -0.342 e. The summed E-state index contributed by atoms with van der Waals surface area (Å²) in [5, 5.41) is 1.76. The van der Waals surface area contributed by atoms with Gasteiger partial charge < -0.3 is 4.90 Å². The second-order valence-electron chi connectivity index (χ2n) is 7.87. The number of rotatable bonds is 4. The Morgan fingerprint density at radius 1 is 1.03 bits per heavy atom. The van der Waals surface area contributed by atoms with Crippen molar-refractivity contribution in [2.75, 3.05) is 18.0 Å². The van der Waals surface area contributed by atoms with Gasteiger partial charge in [-0.2, -0.15) is 0 Å². The number of hydrogen-bond acceptors (Lipinski definition) is 5. The second-order valence-corrected chi connectivity index (χ2v) is 8.96. The molecule has 3 heterocycles. The summed E-state index contributed by atoms with van der Waals surface area (Å²) in [6.45, 7) is 7.73. The fraction of sp³-hybridized carbons (Fsp3) is 0.375. The minimum absolute atomic E-state index is 0.0317. The Morgan fingerprint density at radius 3 is 2.50 bits per heavy atom. The molecule has 0 N–H and O–H groups in total. The molecule has 0 radical (unpaired) electrons. The molecular weight excluding hydrogens is 392 g/mol. The van der Waals surface area contributed by atoms with E-state index in [1.54, 1.807) is 15.9 Å². The van der Waals surface area contributed by atoms with Crippen molar-refractivity contribution in [1.82, 2.24) is 14.5 Å². The van der Waals surface area contributed by atoms with Crippen LogP contribution >= 0.6 is 11.3 Å². The number of anilines is 1. The van der Waals surface area contributed by atoms with Crippen molar-refractivity contribution in [1.29, 1.82) is 0 Å². The van der Waals surface area contributed by atoms with Gasteiger partial charge in [0.25, 0.3) is 5.56 Å². The Bertz CT molecular complexity index is 1300. The summed E-state index contributed by atoms with van der Waals surface area (Å²) in [4.78, 5) is 28.6. The Hall–Kier alpha value is -2.73. The Kier molecular flexibility index (Phi) is 4.82. The van der Waals surface area contributed by atoms with Crippen LogP contribution in [0, 0.1) is 6.92 Å². The van der Waals surface area contributed by atoms with Gasteiger partial charge in [0.1, 0.15) is 4.83 Å². The predicted octanol–water partition coefficient (Wildman–Crippen LogP) is 5.03. The average molecular weight is 419 g/mol. The third-order valence-electron chi connectivity index (χ3n) is 6.15. The average Bonchev–Trinajstić information content (AvgIpc) is 3.13. The van der Waals surface area contributed by atoms with E-state index >= 15 is 0 Å². The van der Waals surface area contributed by atoms with Crippen LogP contribution in [0.1, 0.15) is 42.8 Å². The number of aryl methyl sites for hydroxylation is 3. The molecule has 0 spiro atoms. The Labute approximate surface area is 180 Å². The highest BCUT2D eigenvalue weighted by atomic mass is 32.1. The standard InChI is InChI=1S/C24H26N4OS/c1-4-27(5-2)24-26-21-19(23(29)28(24)16-11-7-6-8-12-16)15(3)25-22-20(21)17-13-9-10-14-18(17)30-22/h6-8,11-12H,4-5,9-10,13-14H2,1-3H3. The Balaban J connectivity index is 1.95. The van der Waals surface area contributed by atoms with Crippen LogP contribution in [0.2, 0.25) is 0 Å². The summed E-state index contributed by atoms with van der Waals surface area (Å²) in [5.41, 5.74) is 3.77. The molecule has 0 saturated carbocycles. The van der Waals surface area contributed by atoms with Crippen LogP contribution < -0.4 is 10.5 Å². The van der Waals surface area contributed by atoms with E-state index in [-0.39, 0.29) is 5.56 Å². The highest BCUT2D eigenvalue weighted by Gasteiger charge is 2.24. The smallest absolute Gasteiger partial charge is 0.269 e. The minimum atomic E-state index is -0.0317. The molecule has 0 fully saturated rings. The summed E-state index contributed by atoms with van der Waals surface area (Å²) in [6.07, 6.45) is 4.59. The number of aromatic nitrogens is 3. The van der Waals surface area contributed by atoms with Crippen LogP contribution in [-0.2, 0) is 12.8 Å². The lowest BCUT2D eigenvalue weighted by molar-refractivity contribution is 0.700. The molecule has 0 unspecified atom stereocenters. The molecule has 0 bridgehead atoms. The van der Waals surface area contributed by atoms with Crippen molar-refractivity contribution in [3.63, 3.8) is 0 Å². The molecule has 5 nitrogen and oxygen atoms in total. The van der Waals surface area contributed by atoms with Crippen molar-refractivity contribution in [3.05, 3.63) is 56.8 Å². The number of benzene rings is 1.